The predicted octanol–water partition coefficient (Wildman–Crippen LogP) is 7.77. The Labute approximate surface area is 602 Å². The summed E-state index contributed by atoms with van der Waals surface area (Å²) in [7, 11) is 6.96. The van der Waals surface area contributed by atoms with E-state index >= 15 is 0 Å². The molecule has 10 atom stereocenters. The van der Waals surface area contributed by atoms with Gasteiger partial charge in [0.1, 0.15) is 23.6 Å². The Morgan fingerprint density at radius 3 is 1.18 bits per heavy atom. The van der Waals surface area contributed by atoms with Crippen LogP contribution >= 0.6 is 11.8 Å². The highest BCUT2D eigenvalue weighted by atomic mass is 35.5. The molecule has 536 valence electrons. The normalized spacial score (nSPS) is 24.8. The molecule has 3 fully saturated rings. The molecule has 0 saturated carbocycles. The minimum atomic E-state index is -0.745. The third-order valence-corrected chi connectivity index (χ3v) is 22.9. The highest BCUT2D eigenvalue weighted by Crippen LogP contribution is 2.62. The molecule has 2 N–H and O–H groups in total. The third kappa shape index (κ3) is 10.3. The zero-order valence-corrected chi connectivity index (χ0v) is 59.2. The molecule has 0 unspecified atom stereocenters. The fourth-order valence-electron chi connectivity index (χ4n) is 18.3. The fraction of sp³-hybridized carbons (Fsp3) is 0.395. The highest BCUT2D eigenvalue weighted by molar-refractivity contribution is 6.32. The number of hydrogen-bond donors (Lipinski definition) is 2. The van der Waals surface area contributed by atoms with Crippen molar-refractivity contribution < 1.29 is 86.5 Å². The molecule has 11 heterocycles. The monoisotopic (exact) mass is 1430 g/mol. The number of imide groups is 3. The molecular weight excluding hydrogens is 1360 g/mol. The lowest BCUT2D eigenvalue weighted by atomic mass is 9.71. The first kappa shape index (κ1) is 68.9. The first-order chi connectivity index (χ1) is 49.8. The lowest BCUT2D eigenvalue weighted by Gasteiger charge is -2.60. The van der Waals surface area contributed by atoms with Crippen LogP contribution in [0, 0.1) is 50.4 Å². The van der Waals surface area contributed by atoms with Gasteiger partial charge in [0, 0.05) is 120 Å². The Morgan fingerprint density at radius 2 is 0.875 bits per heavy atom. The smallest absolute Gasteiger partial charge is 0.308 e. The molecule has 11 aliphatic rings. The van der Waals surface area contributed by atoms with Crippen LogP contribution in [-0.4, -0.2) is 183 Å². The van der Waals surface area contributed by atoms with Gasteiger partial charge in [-0.1, -0.05) is 36.4 Å². The minimum Gasteiger partial charge on any atom is -0.504 e. The van der Waals surface area contributed by atoms with Crippen LogP contribution < -0.4 is 37.9 Å². The summed E-state index contributed by atoms with van der Waals surface area (Å²) in [4.78, 5) is 112. The van der Waals surface area contributed by atoms with E-state index in [1.54, 1.807) is 62.4 Å². The molecule has 6 amide bonds. The van der Waals surface area contributed by atoms with Gasteiger partial charge < -0.3 is 48.1 Å². The van der Waals surface area contributed by atoms with E-state index in [2.05, 4.69) is 31.7 Å². The van der Waals surface area contributed by atoms with E-state index in [0.29, 0.717) is 143 Å². The number of halogens is 1. The molecule has 27 nitrogen and oxygen atoms in total. The Hall–Kier alpha value is -10.8. The van der Waals surface area contributed by atoms with Crippen LogP contribution in [0.25, 0.3) is 0 Å². The van der Waals surface area contributed by atoms with Crippen molar-refractivity contribution >= 4 is 59.2 Å². The second-order valence-electron chi connectivity index (χ2n) is 27.8. The van der Waals surface area contributed by atoms with Gasteiger partial charge in [0.05, 0.1) is 72.8 Å². The molecule has 3 saturated heterocycles. The maximum atomic E-state index is 13.8. The van der Waals surface area contributed by atoms with E-state index in [1.807, 2.05) is 40.1 Å². The van der Waals surface area contributed by atoms with Crippen molar-refractivity contribution in [2.24, 2.45) is 0 Å². The number of likely N-dealkylation sites (N-methyl/N-ethyl adjacent to an activating group) is 2. The number of benzene rings is 6. The van der Waals surface area contributed by atoms with Crippen molar-refractivity contribution in [1.82, 2.24) is 33.8 Å². The van der Waals surface area contributed by atoms with E-state index in [9.17, 15) is 59.1 Å². The molecular formula is C76H72ClN9O18. The van der Waals surface area contributed by atoms with E-state index in [0.717, 1.165) is 22.3 Å². The van der Waals surface area contributed by atoms with Gasteiger partial charge in [0.15, 0.2) is 46.0 Å². The molecule has 0 aliphatic carbocycles. The molecule has 6 aromatic rings. The van der Waals surface area contributed by atoms with Crippen molar-refractivity contribution in [1.29, 1.82) is 10.5 Å². The molecule has 104 heavy (non-hydrogen) atoms. The Bertz CT molecular complexity index is 4540. The van der Waals surface area contributed by atoms with Gasteiger partial charge in [0.2, 0.25) is 25.4 Å². The van der Waals surface area contributed by atoms with Crippen molar-refractivity contribution in [2.75, 3.05) is 55.0 Å². The Morgan fingerprint density at radius 1 is 0.529 bits per heavy atom. The summed E-state index contributed by atoms with van der Waals surface area (Å²) in [5.74, 6) is -0.0905. The van der Waals surface area contributed by atoms with Crippen LogP contribution in [0.1, 0.15) is 159 Å². The average molecular weight is 1430 g/mol. The number of phenols is 2. The summed E-state index contributed by atoms with van der Waals surface area (Å²) in [6.07, 6.45) is 2.12. The van der Waals surface area contributed by atoms with Gasteiger partial charge in [-0.25, -0.2) is 0 Å². The summed E-state index contributed by atoms with van der Waals surface area (Å²) in [5.41, 5.74) is 9.89. The summed E-state index contributed by atoms with van der Waals surface area (Å²) in [6.45, 7) is 9.71. The van der Waals surface area contributed by atoms with Crippen molar-refractivity contribution in [3.8, 4) is 69.6 Å². The number of methoxy groups -OCH3 is 2. The summed E-state index contributed by atoms with van der Waals surface area (Å²) in [6, 6.07) is 17.4. The van der Waals surface area contributed by atoms with Crippen LogP contribution in [0.15, 0.2) is 60.7 Å². The first-order valence-corrected chi connectivity index (χ1v) is 34.4. The topological polar surface area (TPSA) is 321 Å². The number of phenolic OH excluding ortho intramolecular Hbond substituents is 2. The number of piperazine rings is 2. The second kappa shape index (κ2) is 25.9. The van der Waals surface area contributed by atoms with Gasteiger partial charge in [-0.3, -0.25) is 67.8 Å². The Kier molecular flexibility index (Phi) is 17.1. The van der Waals surface area contributed by atoms with Crippen LogP contribution in [0.2, 0.25) is 0 Å². The molecule has 17 rings (SSSR count). The number of aryl methyl sites for hydroxylation is 2. The SMILES string of the molecule is COc1c(C)cc2c(c1O)[C@@H]1[C@@H]3Cc4c(OC(C)=O)c(C)c5c(c4[C@H](CN4C(=O)c6ccccc6C4=O)N3[C@@H](C#N)[C@H](C2)N1C)OCO5.COc1c(C)cc2c(c1O)[C@@H]1[C@@H]3Cc4c(OC(C)=O)c(C)c5c(c4[C@H](CN4C(=O)c6ccccc6C4=O)N3[C@@H](C#N)[C@H](C2)N1C)OCO5.O=C1CCC(=O)N1Cl. The molecule has 6 aromatic carbocycles. The van der Waals surface area contributed by atoms with E-state index in [1.165, 1.54) is 37.9 Å². The first-order valence-electron chi connectivity index (χ1n) is 34.1. The van der Waals surface area contributed by atoms with Crippen LogP contribution in [0.4, 0.5) is 0 Å². The van der Waals surface area contributed by atoms with Gasteiger partial charge in [-0.05, 0) is 114 Å². The number of ether oxygens (including phenoxy) is 8. The average Bonchev–Trinajstić information content (AvgIpc) is 0.914. The number of hydrogen-bond acceptors (Lipinski definition) is 24. The second-order valence-corrected chi connectivity index (χ2v) is 28.1. The molecule has 0 spiro atoms. The number of carbonyl (C=O) groups excluding carboxylic acids is 8. The fourth-order valence-corrected chi connectivity index (χ4v) is 18.5. The molecule has 0 aromatic heterocycles. The zero-order valence-electron chi connectivity index (χ0n) is 58.4. The maximum Gasteiger partial charge on any atom is 0.308 e. The molecule has 28 heteroatoms. The lowest BCUT2D eigenvalue weighted by molar-refractivity contribution is -0.133. The van der Waals surface area contributed by atoms with Gasteiger partial charge in [0.25, 0.3) is 23.6 Å². The van der Waals surface area contributed by atoms with Crippen LogP contribution in [0.5, 0.6) is 57.5 Å². The number of fused-ring (bicyclic) bond motifs is 20. The highest BCUT2D eigenvalue weighted by Gasteiger charge is 2.60. The van der Waals surface area contributed by atoms with Gasteiger partial charge >= 0.3 is 11.9 Å². The van der Waals surface area contributed by atoms with E-state index < -0.39 is 83.9 Å². The lowest BCUT2D eigenvalue weighted by Crippen LogP contribution is -2.68. The summed E-state index contributed by atoms with van der Waals surface area (Å²) < 4.78 is 47.7. The number of esters is 2. The van der Waals surface area contributed by atoms with Crippen molar-refractivity contribution in [2.45, 2.75) is 140 Å². The zero-order chi connectivity index (χ0) is 73.7. The number of carbonyl (C=O) groups is 8. The van der Waals surface area contributed by atoms with Crippen LogP contribution in [-0.2, 0) is 44.9 Å². The van der Waals surface area contributed by atoms with Gasteiger partial charge in [-0.15, -0.1) is 0 Å². The van der Waals surface area contributed by atoms with Crippen molar-refractivity contribution in [3.63, 3.8) is 0 Å². The molecule has 0 radical (unpaired) electrons. The number of nitrogens with zero attached hydrogens (tertiary/aromatic N) is 9. The molecule has 11 aliphatic heterocycles. The van der Waals surface area contributed by atoms with E-state index in [-0.39, 0.29) is 74.9 Å². The predicted molar refractivity (Wildman–Crippen MR) is 366 cm³/mol. The number of amides is 6. The number of nitriles is 2. The summed E-state index contributed by atoms with van der Waals surface area (Å²) >= 11 is 5.15. The van der Waals surface area contributed by atoms with Crippen LogP contribution in [0.3, 0.4) is 0 Å². The quantitative estimate of drug-likeness (QED) is 0.0636. The Balaban J connectivity index is 0.000000151. The number of aromatic hydroxyl groups is 2. The van der Waals surface area contributed by atoms with Crippen molar-refractivity contribution in [3.05, 3.63) is 150 Å². The number of rotatable bonds is 8. The maximum absolute atomic E-state index is 13.8. The van der Waals surface area contributed by atoms with E-state index in [4.69, 9.17) is 49.7 Å². The van der Waals surface area contributed by atoms with Gasteiger partial charge in [-0.2, -0.15) is 14.9 Å². The standard InChI is InChI=1S/2C36H34N4O8.C4H4ClNO2/c2*1-16-10-19-11-23-25(13-37)40-24(29(38(23)4)27(19)30(42)31(16)45-5)12-22-28(34-33(46-15-47-34)17(2)32(22)48-18(3)41)26(40)14-39-35(43)20-8-6-7-9-21(20)36(39)44;5-6-3(7)1-2-4(6)8/h2*6-10,23-26,29,42H,11-12,14-15H2,1-5H3;1-2H2/t2*23-,24-,25-,26-,29-;/m00./s1. The molecule has 4 bridgehead atoms. The third-order valence-electron chi connectivity index (χ3n) is 22.5. The largest absolute Gasteiger partial charge is 0.504 e. The minimum absolute atomic E-state index is 0.0444. The summed E-state index contributed by atoms with van der Waals surface area (Å²) in [5, 5.41) is 45.3.